The van der Waals surface area contributed by atoms with Crippen molar-refractivity contribution in [1.29, 1.82) is 0 Å². The Morgan fingerprint density at radius 1 is 1.57 bits per heavy atom. The van der Waals surface area contributed by atoms with E-state index in [1.165, 1.54) is 12.1 Å². The highest BCUT2D eigenvalue weighted by atomic mass is 19.1. The fourth-order valence-corrected chi connectivity index (χ4v) is 1.35. The molecular formula is C11H13FO2. The topological polar surface area (TPSA) is 37.3 Å². The minimum Gasteiger partial charge on any atom is -0.508 e. The average Bonchev–Trinajstić information content (AvgIpc) is 2.19. The molecule has 0 spiro atoms. The van der Waals surface area contributed by atoms with Crippen molar-refractivity contribution in [2.45, 2.75) is 25.9 Å². The maximum Gasteiger partial charge on any atom is 0.120 e. The number of halogens is 1. The number of benzene rings is 1. The number of rotatable bonds is 4. The molecule has 0 amide bonds. The Balaban J connectivity index is 2.98. The summed E-state index contributed by atoms with van der Waals surface area (Å²) >= 11 is 0. The Kier molecular flexibility index (Phi) is 3.63. The molecule has 0 aliphatic carbocycles. The Labute approximate surface area is 82.4 Å². The van der Waals surface area contributed by atoms with Gasteiger partial charge in [0.25, 0.3) is 0 Å². The van der Waals surface area contributed by atoms with Gasteiger partial charge >= 0.3 is 0 Å². The van der Waals surface area contributed by atoms with Crippen LogP contribution >= 0.6 is 0 Å². The Morgan fingerprint density at radius 2 is 2.29 bits per heavy atom. The van der Waals surface area contributed by atoms with Crippen molar-refractivity contribution in [3.8, 4) is 5.75 Å². The first-order valence-corrected chi connectivity index (χ1v) is 4.50. The second-order valence-electron chi connectivity index (χ2n) is 3.33. The number of phenols is 1. The first-order valence-electron chi connectivity index (χ1n) is 4.50. The molecule has 0 bridgehead atoms. The van der Waals surface area contributed by atoms with E-state index < -0.39 is 6.67 Å². The predicted octanol–water partition coefficient (Wildman–Crippen LogP) is 2.55. The van der Waals surface area contributed by atoms with Crippen LogP contribution in [0.25, 0.3) is 0 Å². The van der Waals surface area contributed by atoms with Gasteiger partial charge in [0, 0.05) is 6.42 Å². The van der Waals surface area contributed by atoms with E-state index in [2.05, 4.69) is 0 Å². The van der Waals surface area contributed by atoms with Crippen molar-refractivity contribution in [3.05, 3.63) is 29.3 Å². The maximum atomic E-state index is 12.3. The predicted molar refractivity (Wildman–Crippen MR) is 52.0 cm³/mol. The molecule has 0 aliphatic heterocycles. The van der Waals surface area contributed by atoms with Crippen LogP contribution in [-0.4, -0.2) is 11.4 Å². The van der Waals surface area contributed by atoms with Crippen LogP contribution < -0.4 is 0 Å². The third-order valence-electron chi connectivity index (χ3n) is 2.23. The highest BCUT2D eigenvalue weighted by Gasteiger charge is 2.10. The molecule has 0 radical (unpaired) electrons. The summed E-state index contributed by atoms with van der Waals surface area (Å²) in [5.41, 5.74) is 1.16. The van der Waals surface area contributed by atoms with E-state index in [1.807, 2.05) is 6.92 Å². The Morgan fingerprint density at radius 3 is 2.86 bits per heavy atom. The van der Waals surface area contributed by atoms with Crippen molar-refractivity contribution >= 4 is 6.29 Å². The van der Waals surface area contributed by atoms with Gasteiger partial charge in [0.1, 0.15) is 18.7 Å². The summed E-state index contributed by atoms with van der Waals surface area (Å²) in [5.74, 6) is 0.0514. The molecule has 0 fully saturated rings. The zero-order valence-corrected chi connectivity index (χ0v) is 8.03. The average molecular weight is 196 g/mol. The summed E-state index contributed by atoms with van der Waals surface area (Å²) in [6, 6.07) is 4.60. The minimum atomic E-state index is -0.554. The number of hydrogen-bond acceptors (Lipinski definition) is 2. The molecule has 0 saturated heterocycles. The number of aldehydes is 1. The van der Waals surface area contributed by atoms with Gasteiger partial charge in [-0.05, 0) is 29.2 Å². The SMILES string of the molecule is CC(CC=O)c1cc(CF)ccc1O. The van der Waals surface area contributed by atoms with Crippen molar-refractivity contribution in [2.75, 3.05) is 0 Å². The molecule has 1 unspecified atom stereocenters. The maximum absolute atomic E-state index is 12.3. The van der Waals surface area contributed by atoms with Crippen LogP contribution in [0.5, 0.6) is 5.75 Å². The van der Waals surface area contributed by atoms with E-state index in [-0.39, 0.29) is 11.7 Å². The lowest BCUT2D eigenvalue weighted by Crippen LogP contribution is -1.96. The molecule has 0 aliphatic rings. The molecule has 1 rings (SSSR count). The van der Waals surface area contributed by atoms with Crippen LogP contribution in [0.3, 0.4) is 0 Å². The van der Waals surface area contributed by atoms with E-state index >= 15 is 0 Å². The smallest absolute Gasteiger partial charge is 0.120 e. The lowest BCUT2D eigenvalue weighted by Gasteiger charge is -2.11. The van der Waals surface area contributed by atoms with Crippen LogP contribution in [0.1, 0.15) is 30.4 Å². The van der Waals surface area contributed by atoms with Crippen LogP contribution in [0.2, 0.25) is 0 Å². The van der Waals surface area contributed by atoms with E-state index in [1.54, 1.807) is 6.07 Å². The first-order chi connectivity index (χ1) is 6.69. The van der Waals surface area contributed by atoms with Gasteiger partial charge in [-0.25, -0.2) is 4.39 Å². The van der Waals surface area contributed by atoms with E-state index in [0.717, 1.165) is 6.29 Å². The number of hydrogen-bond donors (Lipinski definition) is 1. The third kappa shape index (κ3) is 2.31. The van der Waals surface area contributed by atoms with Gasteiger partial charge in [-0.15, -0.1) is 0 Å². The van der Waals surface area contributed by atoms with Gasteiger partial charge in [-0.1, -0.05) is 13.0 Å². The van der Waals surface area contributed by atoms with Gasteiger partial charge in [0.2, 0.25) is 0 Å². The van der Waals surface area contributed by atoms with Crippen molar-refractivity contribution in [2.24, 2.45) is 0 Å². The van der Waals surface area contributed by atoms with E-state index in [9.17, 15) is 14.3 Å². The molecule has 1 aromatic rings. The summed E-state index contributed by atoms with van der Waals surface area (Å²) in [6.07, 6.45) is 1.13. The third-order valence-corrected chi connectivity index (χ3v) is 2.23. The van der Waals surface area contributed by atoms with E-state index in [4.69, 9.17) is 0 Å². The number of phenolic OH excluding ortho intramolecular Hbond substituents is 1. The summed E-state index contributed by atoms with van der Waals surface area (Å²) < 4.78 is 12.3. The summed E-state index contributed by atoms with van der Waals surface area (Å²) in [7, 11) is 0. The number of alkyl halides is 1. The molecule has 1 atom stereocenters. The highest BCUT2D eigenvalue weighted by molar-refractivity contribution is 5.52. The normalized spacial score (nSPS) is 12.4. The summed E-state index contributed by atoms with van der Waals surface area (Å²) in [4.78, 5) is 10.3. The second kappa shape index (κ2) is 4.74. The fourth-order valence-electron chi connectivity index (χ4n) is 1.35. The summed E-state index contributed by atoms with van der Waals surface area (Å²) in [5, 5.41) is 9.49. The molecule has 1 aromatic carbocycles. The van der Waals surface area contributed by atoms with Gasteiger partial charge < -0.3 is 9.90 Å². The molecule has 0 heterocycles. The molecular weight excluding hydrogens is 183 g/mol. The molecule has 2 nitrogen and oxygen atoms in total. The first kappa shape index (κ1) is 10.7. The molecule has 1 N–H and O–H groups in total. The quantitative estimate of drug-likeness (QED) is 0.751. The van der Waals surface area contributed by atoms with Gasteiger partial charge in [0.05, 0.1) is 0 Å². The Bertz CT molecular complexity index is 323. The van der Waals surface area contributed by atoms with Crippen LogP contribution in [-0.2, 0) is 11.5 Å². The Hall–Kier alpha value is -1.38. The minimum absolute atomic E-state index is 0.0704. The monoisotopic (exact) mass is 196 g/mol. The zero-order valence-electron chi connectivity index (χ0n) is 8.03. The van der Waals surface area contributed by atoms with Crippen LogP contribution in [0, 0.1) is 0 Å². The van der Waals surface area contributed by atoms with Crippen LogP contribution in [0.4, 0.5) is 4.39 Å². The van der Waals surface area contributed by atoms with Gasteiger partial charge in [0.15, 0.2) is 0 Å². The molecule has 76 valence electrons. The van der Waals surface area contributed by atoms with Crippen molar-refractivity contribution < 1.29 is 14.3 Å². The van der Waals surface area contributed by atoms with Gasteiger partial charge in [-0.2, -0.15) is 0 Å². The van der Waals surface area contributed by atoms with Crippen molar-refractivity contribution in [1.82, 2.24) is 0 Å². The summed E-state index contributed by atoms with van der Waals surface area (Å²) in [6.45, 7) is 1.27. The van der Waals surface area contributed by atoms with E-state index in [0.29, 0.717) is 17.5 Å². The van der Waals surface area contributed by atoms with Gasteiger partial charge in [-0.3, -0.25) is 0 Å². The molecule has 3 heteroatoms. The molecule has 0 saturated carbocycles. The zero-order chi connectivity index (χ0) is 10.6. The fraction of sp³-hybridized carbons (Fsp3) is 0.364. The second-order valence-corrected chi connectivity index (χ2v) is 3.33. The largest absolute Gasteiger partial charge is 0.508 e. The lowest BCUT2D eigenvalue weighted by molar-refractivity contribution is -0.108. The lowest BCUT2D eigenvalue weighted by atomic mass is 9.96. The van der Waals surface area contributed by atoms with Crippen molar-refractivity contribution in [3.63, 3.8) is 0 Å². The molecule has 14 heavy (non-hydrogen) atoms. The van der Waals surface area contributed by atoms with Crippen LogP contribution in [0.15, 0.2) is 18.2 Å². The number of aromatic hydroxyl groups is 1. The number of carbonyl (C=O) groups is 1. The number of carbonyl (C=O) groups excluding carboxylic acids is 1. The molecule has 0 aromatic heterocycles. The highest BCUT2D eigenvalue weighted by Crippen LogP contribution is 2.28. The standard InChI is InChI=1S/C11H13FO2/c1-8(4-5-13)10-6-9(7-12)2-3-11(10)14/h2-3,5-6,8,14H,4,7H2,1H3.